The Hall–Kier alpha value is -1.61. The molecule has 0 radical (unpaired) electrons. The van der Waals surface area contributed by atoms with E-state index in [-0.39, 0.29) is 6.04 Å². The monoisotopic (exact) mass is 257 g/mol. The van der Waals surface area contributed by atoms with Gasteiger partial charge in [0.1, 0.15) is 0 Å². The van der Waals surface area contributed by atoms with Crippen molar-refractivity contribution in [2.45, 2.75) is 39.3 Å². The smallest absolute Gasteiger partial charge is 0.0948 e. The summed E-state index contributed by atoms with van der Waals surface area (Å²) < 4.78 is 2.18. The van der Waals surface area contributed by atoms with E-state index in [2.05, 4.69) is 54.6 Å². The molecule has 2 atom stereocenters. The van der Waals surface area contributed by atoms with Crippen molar-refractivity contribution >= 4 is 0 Å². The molecule has 0 aliphatic rings. The van der Waals surface area contributed by atoms with Crippen molar-refractivity contribution in [3.63, 3.8) is 0 Å². The Balaban J connectivity index is 2.14. The van der Waals surface area contributed by atoms with Crippen LogP contribution in [0.1, 0.15) is 44.0 Å². The first-order valence-corrected chi connectivity index (χ1v) is 6.90. The van der Waals surface area contributed by atoms with E-state index >= 15 is 0 Å². The third-order valence-electron chi connectivity index (χ3n) is 3.64. The Morgan fingerprint density at radius 3 is 2.47 bits per heavy atom. The van der Waals surface area contributed by atoms with Crippen molar-refractivity contribution in [1.29, 1.82) is 0 Å². The number of aromatic nitrogens is 2. The molecule has 0 saturated heterocycles. The molecule has 2 unspecified atom stereocenters. The van der Waals surface area contributed by atoms with Crippen LogP contribution in [0.3, 0.4) is 0 Å². The molecule has 2 rings (SSSR count). The average molecular weight is 257 g/mol. The van der Waals surface area contributed by atoms with E-state index in [1.165, 1.54) is 5.56 Å². The highest BCUT2D eigenvalue weighted by atomic mass is 15.1. The van der Waals surface area contributed by atoms with Crippen LogP contribution in [-0.2, 0) is 6.54 Å². The van der Waals surface area contributed by atoms with Gasteiger partial charge in [-0.25, -0.2) is 4.98 Å². The Bertz CT molecular complexity index is 502. The number of hydrogen-bond donors (Lipinski definition) is 1. The van der Waals surface area contributed by atoms with Gasteiger partial charge in [-0.05, 0) is 17.4 Å². The van der Waals surface area contributed by atoms with Crippen molar-refractivity contribution in [3.05, 3.63) is 54.1 Å². The molecule has 0 fully saturated rings. The van der Waals surface area contributed by atoms with Gasteiger partial charge in [0.2, 0.25) is 0 Å². The van der Waals surface area contributed by atoms with Gasteiger partial charge in [-0.1, -0.05) is 51.1 Å². The van der Waals surface area contributed by atoms with Gasteiger partial charge in [0.25, 0.3) is 0 Å². The fourth-order valence-corrected chi connectivity index (χ4v) is 2.28. The molecule has 0 aliphatic carbocycles. The van der Waals surface area contributed by atoms with Crippen molar-refractivity contribution in [2.24, 2.45) is 11.7 Å². The van der Waals surface area contributed by atoms with Gasteiger partial charge in [-0.2, -0.15) is 0 Å². The number of nitrogens with two attached hydrogens (primary N) is 1. The van der Waals surface area contributed by atoms with Crippen molar-refractivity contribution in [1.82, 2.24) is 9.55 Å². The molecule has 19 heavy (non-hydrogen) atoms. The van der Waals surface area contributed by atoms with Gasteiger partial charge in [0.15, 0.2) is 0 Å². The van der Waals surface area contributed by atoms with E-state index in [1.807, 2.05) is 18.6 Å². The fraction of sp³-hybridized carbons (Fsp3) is 0.438. The summed E-state index contributed by atoms with van der Waals surface area (Å²) in [5.74, 6) is 0.871. The summed E-state index contributed by atoms with van der Waals surface area (Å²) in [6.07, 6.45) is 3.78. The highest BCUT2D eigenvalue weighted by Gasteiger charge is 2.16. The van der Waals surface area contributed by atoms with Gasteiger partial charge < -0.3 is 10.3 Å². The third-order valence-corrected chi connectivity index (χ3v) is 3.64. The Kier molecular flexibility index (Phi) is 4.38. The summed E-state index contributed by atoms with van der Waals surface area (Å²) in [5.41, 5.74) is 8.71. The first-order chi connectivity index (χ1) is 9.09. The molecular weight excluding hydrogens is 234 g/mol. The number of rotatable bonds is 5. The number of imidazole rings is 1. The lowest BCUT2D eigenvalue weighted by molar-refractivity contribution is 0.466. The Morgan fingerprint density at radius 1 is 1.16 bits per heavy atom. The van der Waals surface area contributed by atoms with Crippen LogP contribution in [0.4, 0.5) is 0 Å². The van der Waals surface area contributed by atoms with Gasteiger partial charge in [0, 0.05) is 18.8 Å². The lowest BCUT2D eigenvalue weighted by Gasteiger charge is -2.20. The normalized spacial score (nSPS) is 14.6. The van der Waals surface area contributed by atoms with Gasteiger partial charge in [-0.3, -0.25) is 0 Å². The van der Waals surface area contributed by atoms with Crippen LogP contribution in [0.25, 0.3) is 0 Å². The average Bonchev–Trinajstić information content (AvgIpc) is 2.86. The van der Waals surface area contributed by atoms with E-state index < -0.39 is 0 Å². The largest absolute Gasteiger partial charge is 0.333 e. The summed E-state index contributed by atoms with van der Waals surface area (Å²) in [5, 5.41) is 0. The maximum atomic E-state index is 6.24. The Morgan fingerprint density at radius 2 is 1.84 bits per heavy atom. The molecule has 0 amide bonds. The van der Waals surface area contributed by atoms with Crippen LogP contribution in [0.2, 0.25) is 0 Å². The highest BCUT2D eigenvalue weighted by Crippen LogP contribution is 2.22. The van der Waals surface area contributed by atoms with E-state index in [1.54, 1.807) is 0 Å². The molecule has 0 aliphatic heterocycles. The molecule has 3 heteroatoms. The summed E-state index contributed by atoms with van der Waals surface area (Å²) in [7, 11) is 0. The quantitative estimate of drug-likeness (QED) is 0.892. The molecule has 0 saturated carbocycles. The molecule has 1 aromatic carbocycles. The Labute approximate surface area is 115 Å². The summed E-state index contributed by atoms with van der Waals surface area (Å²) in [4.78, 5) is 4.26. The first-order valence-electron chi connectivity index (χ1n) is 6.90. The van der Waals surface area contributed by atoms with Crippen molar-refractivity contribution < 1.29 is 0 Å². The summed E-state index contributed by atoms with van der Waals surface area (Å²) >= 11 is 0. The summed E-state index contributed by atoms with van der Waals surface area (Å²) in [6.45, 7) is 7.44. The zero-order valence-corrected chi connectivity index (χ0v) is 12.0. The van der Waals surface area contributed by atoms with Crippen LogP contribution in [0.15, 0.2) is 42.9 Å². The molecular formula is C16H23N3. The van der Waals surface area contributed by atoms with Crippen LogP contribution in [-0.4, -0.2) is 9.55 Å². The number of hydrogen-bond acceptors (Lipinski definition) is 2. The second-order valence-electron chi connectivity index (χ2n) is 5.55. The number of benzene rings is 1. The third kappa shape index (κ3) is 3.24. The zero-order chi connectivity index (χ0) is 13.8. The standard InChI is InChI=1S/C16H23N3/c1-12(2)16(17)15-9-18-11-19(15)10-13(3)14-7-5-4-6-8-14/h4-9,11-13,16H,10,17H2,1-3H3. The van der Waals surface area contributed by atoms with Crippen molar-refractivity contribution in [2.75, 3.05) is 0 Å². The van der Waals surface area contributed by atoms with Crippen LogP contribution < -0.4 is 5.73 Å². The SMILES string of the molecule is CC(Cn1cncc1C(N)C(C)C)c1ccccc1. The van der Waals surface area contributed by atoms with E-state index in [9.17, 15) is 0 Å². The molecule has 0 spiro atoms. The second-order valence-corrected chi connectivity index (χ2v) is 5.55. The van der Waals surface area contributed by atoms with Crippen molar-refractivity contribution in [3.8, 4) is 0 Å². The van der Waals surface area contributed by atoms with E-state index in [0.717, 1.165) is 12.2 Å². The molecule has 1 heterocycles. The molecule has 1 aromatic heterocycles. The van der Waals surface area contributed by atoms with E-state index in [0.29, 0.717) is 11.8 Å². The lowest BCUT2D eigenvalue weighted by atomic mass is 9.99. The molecule has 102 valence electrons. The topological polar surface area (TPSA) is 43.8 Å². The van der Waals surface area contributed by atoms with E-state index in [4.69, 9.17) is 5.73 Å². The molecule has 0 bridgehead atoms. The summed E-state index contributed by atoms with van der Waals surface area (Å²) in [6, 6.07) is 10.6. The lowest BCUT2D eigenvalue weighted by Crippen LogP contribution is -2.21. The second kappa shape index (κ2) is 6.02. The molecule has 2 aromatic rings. The minimum atomic E-state index is 0.0467. The predicted octanol–water partition coefficient (Wildman–Crippen LogP) is 3.34. The number of nitrogens with zero attached hydrogens (tertiary/aromatic N) is 2. The minimum absolute atomic E-state index is 0.0467. The predicted molar refractivity (Wildman–Crippen MR) is 78.9 cm³/mol. The fourth-order valence-electron chi connectivity index (χ4n) is 2.28. The zero-order valence-electron chi connectivity index (χ0n) is 12.0. The maximum absolute atomic E-state index is 6.24. The molecule has 2 N–H and O–H groups in total. The minimum Gasteiger partial charge on any atom is -0.333 e. The first kappa shape index (κ1) is 13.8. The van der Waals surface area contributed by atoms with Gasteiger partial charge >= 0.3 is 0 Å². The van der Waals surface area contributed by atoms with Gasteiger partial charge in [-0.15, -0.1) is 0 Å². The van der Waals surface area contributed by atoms with Crippen LogP contribution in [0, 0.1) is 5.92 Å². The van der Waals surface area contributed by atoms with Crippen LogP contribution in [0.5, 0.6) is 0 Å². The molecule has 3 nitrogen and oxygen atoms in total. The highest BCUT2D eigenvalue weighted by molar-refractivity contribution is 5.19. The van der Waals surface area contributed by atoms with Crippen LogP contribution >= 0.6 is 0 Å². The maximum Gasteiger partial charge on any atom is 0.0948 e. The van der Waals surface area contributed by atoms with Gasteiger partial charge in [0.05, 0.1) is 12.0 Å².